The van der Waals surface area contributed by atoms with Crippen molar-refractivity contribution in [2.24, 2.45) is 5.92 Å². The molecule has 5 rings (SSSR count). The molecule has 1 amide bonds. The molecule has 0 aliphatic carbocycles. The quantitative estimate of drug-likeness (QED) is 0.699. The Hall–Kier alpha value is -2.34. The van der Waals surface area contributed by atoms with E-state index >= 15 is 0 Å². The van der Waals surface area contributed by atoms with Crippen molar-refractivity contribution in [1.29, 1.82) is 0 Å². The Morgan fingerprint density at radius 1 is 1.30 bits per heavy atom. The third kappa shape index (κ3) is 2.74. The first-order chi connectivity index (χ1) is 13.1. The van der Waals surface area contributed by atoms with E-state index in [0.29, 0.717) is 0 Å². The minimum Gasteiger partial charge on any atom is -0.381 e. The first kappa shape index (κ1) is 16.8. The minimum atomic E-state index is 0.0177. The van der Waals surface area contributed by atoms with Gasteiger partial charge in [-0.05, 0) is 43.5 Å². The SMILES string of the molecule is CC[C@@H]1CCN(c2ccc3c(ccc4sc5c(c43)NC[C@@H](C)NC5=O)n2)C1. The summed E-state index contributed by atoms with van der Waals surface area (Å²) in [6.45, 7) is 7.22. The number of fused-ring (bicyclic) bond motifs is 5. The molecule has 140 valence electrons. The Morgan fingerprint density at radius 3 is 3.00 bits per heavy atom. The van der Waals surface area contributed by atoms with Crippen LogP contribution in [0.25, 0.3) is 21.0 Å². The lowest BCUT2D eigenvalue weighted by Gasteiger charge is -2.18. The Balaban J connectivity index is 1.62. The molecular weight excluding hydrogens is 356 g/mol. The molecule has 1 aromatic carbocycles. The molecular formula is C21H24N4OS. The molecule has 0 saturated carbocycles. The topological polar surface area (TPSA) is 57.3 Å². The molecule has 2 atom stereocenters. The molecule has 2 aliphatic rings. The minimum absolute atomic E-state index is 0.0177. The van der Waals surface area contributed by atoms with Crippen LogP contribution in [0.15, 0.2) is 24.3 Å². The first-order valence-electron chi connectivity index (χ1n) is 9.80. The standard InChI is InChI=1S/C21H24N4OS/c1-3-13-8-9-25(11-13)17-7-4-14-15(24-17)5-6-16-18(14)19-20(27-16)21(26)23-12(2)10-22-19/h4-7,12-13,22H,3,8-11H2,1-2H3,(H,23,26)/t12-,13-/m1/s1. The van der Waals surface area contributed by atoms with Gasteiger partial charge in [0, 0.05) is 41.1 Å². The smallest absolute Gasteiger partial charge is 0.263 e. The molecule has 2 N–H and O–H groups in total. The highest BCUT2D eigenvalue weighted by Crippen LogP contribution is 2.41. The third-order valence-corrected chi connectivity index (χ3v) is 7.02. The molecule has 5 nitrogen and oxygen atoms in total. The summed E-state index contributed by atoms with van der Waals surface area (Å²) < 4.78 is 1.13. The number of hydrogen-bond acceptors (Lipinski definition) is 5. The van der Waals surface area contributed by atoms with Gasteiger partial charge in [0.1, 0.15) is 10.7 Å². The maximum absolute atomic E-state index is 12.5. The highest BCUT2D eigenvalue weighted by molar-refractivity contribution is 7.21. The fourth-order valence-electron chi connectivity index (χ4n) is 4.26. The summed E-state index contributed by atoms with van der Waals surface area (Å²) in [4.78, 5) is 20.7. The highest BCUT2D eigenvalue weighted by atomic mass is 32.1. The Morgan fingerprint density at radius 2 is 2.19 bits per heavy atom. The second kappa shape index (κ2) is 6.37. The Bertz CT molecular complexity index is 1040. The molecule has 0 bridgehead atoms. The lowest BCUT2D eigenvalue weighted by Crippen LogP contribution is -2.34. The van der Waals surface area contributed by atoms with Crippen LogP contribution < -0.4 is 15.5 Å². The molecule has 1 saturated heterocycles. The predicted octanol–water partition coefficient (Wildman–Crippen LogP) is 4.23. The zero-order valence-corrected chi connectivity index (χ0v) is 16.5. The van der Waals surface area contributed by atoms with Gasteiger partial charge in [0.05, 0.1) is 11.2 Å². The van der Waals surface area contributed by atoms with Crippen molar-refractivity contribution in [2.45, 2.75) is 32.7 Å². The number of pyridine rings is 1. The van der Waals surface area contributed by atoms with Crippen LogP contribution in [0.4, 0.5) is 11.5 Å². The number of anilines is 2. The van der Waals surface area contributed by atoms with Crippen LogP contribution in [0.1, 0.15) is 36.4 Å². The van der Waals surface area contributed by atoms with Gasteiger partial charge in [0.2, 0.25) is 0 Å². The molecule has 3 aromatic rings. The number of aromatic nitrogens is 1. The summed E-state index contributed by atoms with van der Waals surface area (Å²) in [5.74, 6) is 1.87. The average Bonchev–Trinajstić information content (AvgIpc) is 3.27. The van der Waals surface area contributed by atoms with Gasteiger partial charge in [-0.15, -0.1) is 11.3 Å². The molecule has 2 aromatic heterocycles. The van der Waals surface area contributed by atoms with E-state index in [2.05, 4.69) is 46.7 Å². The van der Waals surface area contributed by atoms with Gasteiger partial charge in [0.15, 0.2) is 0 Å². The largest absolute Gasteiger partial charge is 0.381 e. The number of amides is 1. The summed E-state index contributed by atoms with van der Waals surface area (Å²) in [6.07, 6.45) is 2.49. The van der Waals surface area contributed by atoms with Crippen molar-refractivity contribution in [3.8, 4) is 0 Å². The van der Waals surface area contributed by atoms with Crippen LogP contribution >= 0.6 is 11.3 Å². The number of thiophene rings is 1. The molecule has 1 fully saturated rings. The van der Waals surface area contributed by atoms with Crippen LogP contribution in [-0.4, -0.2) is 36.6 Å². The molecule has 0 radical (unpaired) electrons. The summed E-state index contributed by atoms with van der Waals surface area (Å²) in [7, 11) is 0. The van der Waals surface area contributed by atoms with Crippen molar-refractivity contribution >= 4 is 49.7 Å². The second-order valence-corrected chi connectivity index (χ2v) is 8.80. The summed E-state index contributed by atoms with van der Waals surface area (Å²) in [6, 6.07) is 8.63. The van der Waals surface area contributed by atoms with E-state index in [-0.39, 0.29) is 11.9 Å². The lowest BCUT2D eigenvalue weighted by atomic mass is 10.1. The van der Waals surface area contributed by atoms with Gasteiger partial charge in [0.25, 0.3) is 5.91 Å². The van der Waals surface area contributed by atoms with E-state index in [1.165, 1.54) is 12.8 Å². The van der Waals surface area contributed by atoms with Crippen molar-refractivity contribution < 1.29 is 4.79 Å². The van der Waals surface area contributed by atoms with Gasteiger partial charge in [-0.25, -0.2) is 4.98 Å². The number of nitrogens with zero attached hydrogens (tertiary/aromatic N) is 2. The van der Waals surface area contributed by atoms with E-state index < -0.39 is 0 Å². The number of hydrogen-bond donors (Lipinski definition) is 2. The fraction of sp³-hybridized carbons (Fsp3) is 0.429. The van der Waals surface area contributed by atoms with Crippen LogP contribution in [0.3, 0.4) is 0 Å². The van der Waals surface area contributed by atoms with Crippen LogP contribution in [0.5, 0.6) is 0 Å². The van der Waals surface area contributed by atoms with Crippen molar-refractivity contribution in [1.82, 2.24) is 10.3 Å². The van der Waals surface area contributed by atoms with E-state index in [0.717, 1.165) is 62.9 Å². The van der Waals surface area contributed by atoms with E-state index in [1.807, 2.05) is 6.92 Å². The van der Waals surface area contributed by atoms with Crippen molar-refractivity contribution in [3.05, 3.63) is 29.1 Å². The van der Waals surface area contributed by atoms with E-state index in [9.17, 15) is 4.79 Å². The van der Waals surface area contributed by atoms with E-state index in [4.69, 9.17) is 4.98 Å². The summed E-state index contributed by atoms with van der Waals surface area (Å²) in [5.41, 5.74) is 1.96. The molecule has 4 heterocycles. The molecule has 27 heavy (non-hydrogen) atoms. The van der Waals surface area contributed by atoms with Crippen molar-refractivity contribution in [3.63, 3.8) is 0 Å². The van der Waals surface area contributed by atoms with Crippen LogP contribution in [0, 0.1) is 5.92 Å². The summed E-state index contributed by atoms with van der Waals surface area (Å²) in [5, 5.41) is 8.79. The van der Waals surface area contributed by atoms with Crippen molar-refractivity contribution in [2.75, 3.05) is 29.9 Å². The number of carbonyl (C=O) groups excluding carboxylic acids is 1. The molecule has 0 unspecified atom stereocenters. The third-order valence-electron chi connectivity index (χ3n) is 5.86. The predicted molar refractivity (Wildman–Crippen MR) is 113 cm³/mol. The average molecular weight is 381 g/mol. The number of carbonyl (C=O) groups is 1. The van der Waals surface area contributed by atoms with Gasteiger partial charge >= 0.3 is 0 Å². The van der Waals surface area contributed by atoms with Gasteiger partial charge < -0.3 is 15.5 Å². The first-order valence-corrected chi connectivity index (χ1v) is 10.6. The molecule has 6 heteroatoms. The number of benzene rings is 1. The lowest BCUT2D eigenvalue weighted by molar-refractivity contribution is 0.0949. The summed E-state index contributed by atoms with van der Waals surface area (Å²) >= 11 is 1.56. The maximum Gasteiger partial charge on any atom is 0.263 e. The Labute approximate surface area is 162 Å². The zero-order valence-electron chi connectivity index (χ0n) is 15.7. The number of nitrogens with one attached hydrogen (secondary N) is 2. The number of rotatable bonds is 2. The maximum atomic E-state index is 12.5. The zero-order chi connectivity index (χ0) is 18.5. The van der Waals surface area contributed by atoms with E-state index in [1.54, 1.807) is 11.3 Å². The monoisotopic (exact) mass is 380 g/mol. The second-order valence-electron chi connectivity index (χ2n) is 7.75. The molecule has 0 spiro atoms. The highest BCUT2D eigenvalue weighted by Gasteiger charge is 2.26. The fourth-order valence-corrected chi connectivity index (χ4v) is 5.36. The van der Waals surface area contributed by atoms with Gasteiger partial charge in [-0.3, -0.25) is 4.79 Å². The van der Waals surface area contributed by atoms with Crippen LogP contribution in [-0.2, 0) is 0 Å². The van der Waals surface area contributed by atoms with Gasteiger partial charge in [-0.2, -0.15) is 0 Å². The Kier molecular flexibility index (Phi) is 3.97. The van der Waals surface area contributed by atoms with Crippen LogP contribution in [0.2, 0.25) is 0 Å². The van der Waals surface area contributed by atoms with Gasteiger partial charge in [-0.1, -0.05) is 13.3 Å². The normalized spacial score (nSPS) is 22.6. The molecule has 2 aliphatic heterocycles.